The molecule has 0 heterocycles. The second-order valence-corrected chi connectivity index (χ2v) is 4.36. The third-order valence-electron chi connectivity index (χ3n) is 3.73. The number of rotatable bonds is 2. The van der Waals surface area contributed by atoms with Crippen molar-refractivity contribution < 1.29 is 9.90 Å². The first-order valence-electron chi connectivity index (χ1n) is 4.76. The van der Waals surface area contributed by atoms with E-state index >= 15 is 0 Å². The van der Waals surface area contributed by atoms with Crippen LogP contribution in [0, 0.1) is 10.8 Å². The first-order chi connectivity index (χ1) is 6.13. The molecule has 13 heavy (non-hydrogen) atoms. The van der Waals surface area contributed by atoms with Gasteiger partial charge in [-0.2, -0.15) is 0 Å². The second kappa shape index (κ2) is 2.58. The molecule has 3 aliphatic carbocycles. The van der Waals surface area contributed by atoms with Gasteiger partial charge in [0.05, 0.1) is 5.41 Å². The van der Waals surface area contributed by atoms with Gasteiger partial charge in [-0.15, -0.1) is 0 Å². The maximum Gasteiger partial charge on any atom is 0.313 e. The van der Waals surface area contributed by atoms with Crippen molar-refractivity contribution in [2.45, 2.75) is 25.7 Å². The zero-order valence-corrected chi connectivity index (χ0v) is 7.62. The Morgan fingerprint density at radius 1 is 1.31 bits per heavy atom. The Labute approximate surface area is 77.6 Å². The maximum absolute atomic E-state index is 11.0. The zero-order valence-electron chi connectivity index (χ0n) is 7.62. The molecule has 0 unspecified atom stereocenters. The molecule has 3 rings (SSSR count). The van der Waals surface area contributed by atoms with Gasteiger partial charge in [-0.25, -0.2) is 0 Å². The first-order valence-corrected chi connectivity index (χ1v) is 4.76. The fourth-order valence-electron chi connectivity index (χ4n) is 2.42. The van der Waals surface area contributed by atoms with Crippen LogP contribution in [-0.4, -0.2) is 17.6 Å². The van der Waals surface area contributed by atoms with Gasteiger partial charge in [0.25, 0.3) is 0 Å². The molecule has 0 radical (unpaired) electrons. The lowest BCUT2D eigenvalue weighted by molar-refractivity contribution is -0.149. The third kappa shape index (κ3) is 1.10. The summed E-state index contributed by atoms with van der Waals surface area (Å²) in [5.74, 6) is -0.672. The van der Waals surface area contributed by atoms with Crippen LogP contribution in [0.15, 0.2) is 12.2 Å². The Hall–Kier alpha value is -0.830. The minimum atomic E-state index is -0.672. The summed E-state index contributed by atoms with van der Waals surface area (Å²) < 4.78 is 0. The van der Waals surface area contributed by atoms with Gasteiger partial charge in [-0.05, 0) is 25.7 Å². The highest BCUT2D eigenvalue weighted by Crippen LogP contribution is 2.51. The fourth-order valence-corrected chi connectivity index (χ4v) is 2.42. The van der Waals surface area contributed by atoms with Crippen LogP contribution in [0.4, 0.5) is 0 Å². The van der Waals surface area contributed by atoms with E-state index in [2.05, 4.69) is 0 Å². The summed E-state index contributed by atoms with van der Waals surface area (Å²) >= 11 is 0. The van der Waals surface area contributed by atoms with Crippen LogP contribution >= 0.6 is 0 Å². The van der Waals surface area contributed by atoms with Gasteiger partial charge in [0.1, 0.15) is 0 Å². The zero-order chi connectivity index (χ0) is 9.53. The molecule has 0 aromatic rings. The lowest BCUT2D eigenvalue weighted by atomic mass is 9.58. The highest BCUT2D eigenvalue weighted by Gasteiger charge is 2.48. The van der Waals surface area contributed by atoms with E-state index in [9.17, 15) is 4.79 Å². The molecule has 0 saturated heterocycles. The van der Waals surface area contributed by atoms with Crippen molar-refractivity contribution in [3.8, 4) is 0 Å². The molecule has 3 heteroatoms. The van der Waals surface area contributed by atoms with E-state index < -0.39 is 11.4 Å². The van der Waals surface area contributed by atoms with Gasteiger partial charge >= 0.3 is 5.97 Å². The van der Waals surface area contributed by atoms with E-state index in [0.717, 1.165) is 25.7 Å². The highest BCUT2D eigenvalue weighted by molar-refractivity contribution is 5.77. The molecular weight excluding hydrogens is 166 g/mol. The van der Waals surface area contributed by atoms with E-state index in [-0.39, 0.29) is 5.41 Å². The second-order valence-electron chi connectivity index (χ2n) is 4.36. The van der Waals surface area contributed by atoms with E-state index in [4.69, 9.17) is 10.8 Å². The first kappa shape index (κ1) is 8.75. The number of hydrogen-bond donors (Lipinski definition) is 2. The summed E-state index contributed by atoms with van der Waals surface area (Å²) in [5.41, 5.74) is 5.26. The molecule has 3 nitrogen and oxygen atoms in total. The summed E-state index contributed by atoms with van der Waals surface area (Å²) in [4.78, 5) is 11.0. The Bertz CT molecular complexity index is 262. The van der Waals surface area contributed by atoms with Gasteiger partial charge in [0.15, 0.2) is 0 Å². The Kier molecular flexibility index (Phi) is 1.74. The highest BCUT2D eigenvalue weighted by atomic mass is 16.4. The summed E-state index contributed by atoms with van der Waals surface area (Å²) in [5, 5.41) is 9.09. The van der Waals surface area contributed by atoms with Crippen molar-refractivity contribution in [1.82, 2.24) is 0 Å². The number of aliphatic carboxylic acids is 1. The molecule has 1 fully saturated rings. The van der Waals surface area contributed by atoms with Gasteiger partial charge in [-0.3, -0.25) is 4.79 Å². The molecule has 0 amide bonds. The van der Waals surface area contributed by atoms with Crippen molar-refractivity contribution >= 4 is 5.97 Å². The van der Waals surface area contributed by atoms with Crippen LogP contribution in [-0.2, 0) is 4.79 Å². The largest absolute Gasteiger partial charge is 0.481 e. The van der Waals surface area contributed by atoms with Crippen LogP contribution in [0.5, 0.6) is 0 Å². The van der Waals surface area contributed by atoms with Crippen LogP contribution in [0.1, 0.15) is 25.7 Å². The fraction of sp³-hybridized carbons (Fsp3) is 0.700. The van der Waals surface area contributed by atoms with Crippen molar-refractivity contribution in [3.63, 3.8) is 0 Å². The Morgan fingerprint density at radius 3 is 2.23 bits per heavy atom. The molecule has 3 N–H and O–H groups in total. The van der Waals surface area contributed by atoms with Gasteiger partial charge in [0.2, 0.25) is 0 Å². The Balaban J connectivity index is 2.30. The van der Waals surface area contributed by atoms with Crippen molar-refractivity contribution in [2.24, 2.45) is 16.6 Å². The number of hydrogen-bond acceptors (Lipinski definition) is 2. The standard InChI is InChI=1S/C10H15NO2/c11-7-9-1-4-10(5-2-9,6-3-9)8(12)13/h1,4H,2-3,5-7,11H2,(H,12,13). The molecule has 0 atom stereocenters. The smallest absolute Gasteiger partial charge is 0.313 e. The molecule has 0 aromatic carbocycles. The third-order valence-corrected chi connectivity index (χ3v) is 3.73. The predicted octanol–water partition coefficient (Wildman–Crippen LogP) is 1.15. The lowest BCUT2D eigenvalue weighted by Crippen LogP contribution is -2.44. The molecule has 0 spiro atoms. The number of carboxylic acid groups (broad SMARTS) is 1. The van der Waals surface area contributed by atoms with Crippen molar-refractivity contribution in [3.05, 3.63) is 12.2 Å². The Morgan fingerprint density at radius 2 is 1.92 bits per heavy atom. The average Bonchev–Trinajstić information content (AvgIpc) is 2.20. The maximum atomic E-state index is 11.0. The molecule has 2 bridgehead atoms. The minimum Gasteiger partial charge on any atom is -0.481 e. The molecule has 72 valence electrons. The molecule has 0 aromatic heterocycles. The van der Waals surface area contributed by atoms with E-state index in [1.54, 1.807) is 0 Å². The van der Waals surface area contributed by atoms with Gasteiger partial charge in [-0.1, -0.05) is 12.2 Å². The topological polar surface area (TPSA) is 63.3 Å². The predicted molar refractivity (Wildman–Crippen MR) is 49.2 cm³/mol. The lowest BCUT2D eigenvalue weighted by Gasteiger charge is -2.46. The van der Waals surface area contributed by atoms with Crippen molar-refractivity contribution in [2.75, 3.05) is 6.54 Å². The van der Waals surface area contributed by atoms with Gasteiger partial charge in [0, 0.05) is 12.0 Å². The average molecular weight is 181 g/mol. The van der Waals surface area contributed by atoms with Crippen LogP contribution in [0.3, 0.4) is 0 Å². The number of fused-ring (bicyclic) bond motifs is 2. The number of nitrogens with two attached hydrogens (primary N) is 1. The molecule has 0 aliphatic heterocycles. The van der Waals surface area contributed by atoms with Crippen molar-refractivity contribution in [1.29, 1.82) is 0 Å². The monoisotopic (exact) mass is 181 g/mol. The molecular formula is C10H15NO2. The summed E-state index contributed by atoms with van der Waals surface area (Å²) in [6, 6.07) is 0. The van der Waals surface area contributed by atoms with Crippen LogP contribution < -0.4 is 5.73 Å². The normalized spacial score (nSPS) is 42.2. The minimum absolute atomic E-state index is 0.122. The summed E-state index contributed by atoms with van der Waals surface area (Å²) in [6.45, 7) is 0.652. The van der Waals surface area contributed by atoms with Crippen LogP contribution in [0.2, 0.25) is 0 Å². The number of carboxylic acids is 1. The SMILES string of the molecule is NCC12C=CC(C(=O)O)(CC1)CC2. The molecule has 3 aliphatic rings. The summed E-state index contributed by atoms with van der Waals surface area (Å²) in [6.07, 6.45) is 7.30. The quantitative estimate of drug-likeness (QED) is 0.628. The van der Waals surface area contributed by atoms with Gasteiger partial charge < -0.3 is 10.8 Å². The van der Waals surface area contributed by atoms with E-state index in [1.807, 2.05) is 12.2 Å². The van der Waals surface area contributed by atoms with E-state index in [0.29, 0.717) is 6.54 Å². The van der Waals surface area contributed by atoms with E-state index in [1.165, 1.54) is 0 Å². The van der Waals surface area contributed by atoms with Crippen LogP contribution in [0.25, 0.3) is 0 Å². The number of carbonyl (C=O) groups is 1. The summed E-state index contributed by atoms with van der Waals surface area (Å²) in [7, 11) is 0. The molecule has 1 saturated carbocycles.